The van der Waals surface area contributed by atoms with Gasteiger partial charge < -0.3 is 5.11 Å². The molecule has 0 radical (unpaired) electrons. The van der Waals surface area contributed by atoms with E-state index in [9.17, 15) is 5.11 Å². The van der Waals surface area contributed by atoms with Gasteiger partial charge in [0, 0.05) is 0 Å². The summed E-state index contributed by atoms with van der Waals surface area (Å²) in [7, 11) is 0. The fourth-order valence-electron chi connectivity index (χ4n) is 3.30. The van der Waals surface area contributed by atoms with Gasteiger partial charge in [-0.2, -0.15) is 0 Å². The molecule has 1 aliphatic carbocycles. The number of rotatable bonds is 7. The molecule has 0 saturated heterocycles. The van der Waals surface area contributed by atoms with Crippen LogP contribution >= 0.6 is 0 Å². The molecular weight excluding hydrogens is 256 g/mol. The summed E-state index contributed by atoms with van der Waals surface area (Å²) in [5, 5.41) is 10.2. The van der Waals surface area contributed by atoms with Crippen molar-refractivity contribution in [1.29, 1.82) is 0 Å². The standard InChI is InChI=1S/C20H34O/c1-7-19(5,21)14-15-20(6)17(4)11-9-13-18(20)12-8-10-16(2)3/h7,10,13,17,21H,1,8-9,11-12,14-15H2,2-6H3. The van der Waals surface area contributed by atoms with Gasteiger partial charge in [-0.15, -0.1) is 6.58 Å². The van der Waals surface area contributed by atoms with Gasteiger partial charge in [0.25, 0.3) is 0 Å². The first-order valence-corrected chi connectivity index (χ1v) is 8.40. The van der Waals surface area contributed by atoms with Crippen LogP contribution in [0, 0.1) is 11.3 Å². The molecule has 1 heteroatoms. The molecule has 0 heterocycles. The average Bonchev–Trinajstić information content (AvgIpc) is 2.41. The van der Waals surface area contributed by atoms with Crippen LogP contribution in [-0.4, -0.2) is 10.7 Å². The minimum Gasteiger partial charge on any atom is -0.386 e. The van der Waals surface area contributed by atoms with E-state index in [0.717, 1.165) is 25.7 Å². The summed E-state index contributed by atoms with van der Waals surface area (Å²) in [5.41, 5.74) is 2.47. The van der Waals surface area contributed by atoms with Crippen LogP contribution in [0.15, 0.2) is 36.0 Å². The third-order valence-electron chi connectivity index (χ3n) is 5.37. The lowest BCUT2D eigenvalue weighted by atomic mass is 9.63. The molecule has 120 valence electrons. The molecule has 0 spiro atoms. The fraction of sp³-hybridized carbons (Fsp3) is 0.700. The lowest BCUT2D eigenvalue weighted by Crippen LogP contribution is -2.33. The number of allylic oxidation sites excluding steroid dienone is 4. The van der Waals surface area contributed by atoms with Crippen molar-refractivity contribution in [3.8, 4) is 0 Å². The Kier molecular flexibility index (Phi) is 6.46. The first kappa shape index (κ1) is 18.2. The van der Waals surface area contributed by atoms with Crippen LogP contribution in [0.4, 0.5) is 0 Å². The molecule has 3 unspecified atom stereocenters. The van der Waals surface area contributed by atoms with Crippen molar-refractivity contribution in [3.63, 3.8) is 0 Å². The smallest absolute Gasteiger partial charge is 0.0797 e. The van der Waals surface area contributed by atoms with Crippen molar-refractivity contribution in [2.75, 3.05) is 0 Å². The Labute approximate surface area is 131 Å². The van der Waals surface area contributed by atoms with Crippen LogP contribution in [0.2, 0.25) is 0 Å². The van der Waals surface area contributed by atoms with E-state index in [1.54, 1.807) is 11.6 Å². The lowest BCUT2D eigenvalue weighted by molar-refractivity contribution is 0.0750. The monoisotopic (exact) mass is 290 g/mol. The summed E-state index contributed by atoms with van der Waals surface area (Å²) in [5.74, 6) is 0.685. The highest BCUT2D eigenvalue weighted by molar-refractivity contribution is 5.19. The molecule has 1 aliphatic rings. The number of hydrogen-bond acceptors (Lipinski definition) is 1. The van der Waals surface area contributed by atoms with Crippen molar-refractivity contribution < 1.29 is 5.11 Å². The second-order valence-corrected chi connectivity index (χ2v) is 7.51. The number of aliphatic hydroxyl groups is 1. The predicted molar refractivity (Wildman–Crippen MR) is 93.3 cm³/mol. The van der Waals surface area contributed by atoms with Crippen LogP contribution in [0.5, 0.6) is 0 Å². The molecule has 0 aromatic heterocycles. The van der Waals surface area contributed by atoms with Gasteiger partial charge >= 0.3 is 0 Å². The van der Waals surface area contributed by atoms with Crippen LogP contribution in [0.25, 0.3) is 0 Å². The van der Waals surface area contributed by atoms with Crippen molar-refractivity contribution in [1.82, 2.24) is 0 Å². The van der Waals surface area contributed by atoms with Crippen molar-refractivity contribution in [2.45, 2.75) is 78.7 Å². The van der Waals surface area contributed by atoms with Crippen molar-refractivity contribution in [2.24, 2.45) is 11.3 Å². The van der Waals surface area contributed by atoms with E-state index < -0.39 is 5.60 Å². The third-order valence-corrected chi connectivity index (χ3v) is 5.37. The van der Waals surface area contributed by atoms with E-state index >= 15 is 0 Å². The quantitative estimate of drug-likeness (QED) is 0.586. The second kappa shape index (κ2) is 7.45. The van der Waals surface area contributed by atoms with Gasteiger partial charge in [0.1, 0.15) is 0 Å². The van der Waals surface area contributed by atoms with Gasteiger partial charge in [-0.1, -0.05) is 43.2 Å². The summed E-state index contributed by atoms with van der Waals surface area (Å²) >= 11 is 0. The molecule has 0 saturated carbocycles. The molecule has 0 aromatic rings. The Balaban J connectivity index is 2.81. The number of hydrogen-bond donors (Lipinski definition) is 1. The minimum atomic E-state index is -0.745. The van der Waals surface area contributed by atoms with Crippen LogP contribution in [0.1, 0.15) is 73.1 Å². The summed E-state index contributed by atoms with van der Waals surface area (Å²) in [6.07, 6.45) is 13.1. The summed E-state index contributed by atoms with van der Waals surface area (Å²) in [6.45, 7) is 14.7. The molecule has 0 aromatic carbocycles. The maximum absolute atomic E-state index is 10.2. The Morgan fingerprint density at radius 3 is 2.76 bits per heavy atom. The molecule has 1 N–H and O–H groups in total. The third kappa shape index (κ3) is 5.14. The highest BCUT2D eigenvalue weighted by Crippen LogP contribution is 2.48. The Morgan fingerprint density at radius 2 is 2.19 bits per heavy atom. The van der Waals surface area contributed by atoms with E-state index in [2.05, 4.69) is 46.4 Å². The fourth-order valence-corrected chi connectivity index (χ4v) is 3.30. The Bertz CT molecular complexity index is 410. The molecule has 1 nitrogen and oxygen atoms in total. The molecule has 0 fully saturated rings. The van der Waals surface area contributed by atoms with Crippen LogP contribution in [0.3, 0.4) is 0 Å². The second-order valence-electron chi connectivity index (χ2n) is 7.51. The molecule has 3 atom stereocenters. The normalized spacial score (nSPS) is 28.5. The summed E-state index contributed by atoms with van der Waals surface area (Å²) < 4.78 is 0. The van der Waals surface area contributed by atoms with Crippen LogP contribution in [-0.2, 0) is 0 Å². The van der Waals surface area contributed by atoms with Gasteiger partial charge in [-0.3, -0.25) is 0 Å². The van der Waals surface area contributed by atoms with Gasteiger partial charge in [0.2, 0.25) is 0 Å². The average molecular weight is 290 g/mol. The zero-order valence-electron chi connectivity index (χ0n) is 14.7. The largest absolute Gasteiger partial charge is 0.386 e. The molecule has 1 rings (SSSR count). The molecule has 0 aliphatic heterocycles. The molecule has 0 amide bonds. The van der Waals surface area contributed by atoms with Gasteiger partial charge in [0.15, 0.2) is 0 Å². The van der Waals surface area contributed by atoms with Crippen molar-refractivity contribution >= 4 is 0 Å². The van der Waals surface area contributed by atoms with Crippen LogP contribution < -0.4 is 0 Å². The molecule has 0 bridgehead atoms. The Morgan fingerprint density at radius 1 is 1.52 bits per heavy atom. The first-order chi connectivity index (χ1) is 9.71. The van der Waals surface area contributed by atoms with Gasteiger partial charge in [-0.25, -0.2) is 0 Å². The lowest BCUT2D eigenvalue weighted by Gasteiger charge is -2.43. The van der Waals surface area contributed by atoms with Gasteiger partial charge in [-0.05, 0) is 70.6 Å². The maximum atomic E-state index is 10.2. The molecular formula is C20H34O. The van der Waals surface area contributed by atoms with E-state index in [4.69, 9.17) is 0 Å². The van der Waals surface area contributed by atoms with E-state index in [-0.39, 0.29) is 5.41 Å². The highest BCUT2D eigenvalue weighted by atomic mass is 16.3. The van der Waals surface area contributed by atoms with Gasteiger partial charge in [0.05, 0.1) is 5.60 Å². The first-order valence-electron chi connectivity index (χ1n) is 8.40. The zero-order valence-corrected chi connectivity index (χ0v) is 14.7. The SMILES string of the molecule is C=CC(C)(O)CCC1(C)C(CCC=C(C)C)=CCCC1C. The summed E-state index contributed by atoms with van der Waals surface area (Å²) in [6, 6.07) is 0. The topological polar surface area (TPSA) is 20.2 Å². The summed E-state index contributed by atoms with van der Waals surface area (Å²) in [4.78, 5) is 0. The van der Waals surface area contributed by atoms with E-state index in [1.807, 2.05) is 6.92 Å². The predicted octanol–water partition coefficient (Wildman–Crippen LogP) is 5.81. The molecule has 21 heavy (non-hydrogen) atoms. The Hall–Kier alpha value is -0.820. The van der Waals surface area contributed by atoms with E-state index in [1.165, 1.54) is 18.4 Å². The van der Waals surface area contributed by atoms with E-state index in [0.29, 0.717) is 5.92 Å². The zero-order chi connectivity index (χ0) is 16.1. The van der Waals surface area contributed by atoms with Crippen molar-refractivity contribution in [3.05, 3.63) is 36.0 Å². The minimum absolute atomic E-state index is 0.223. The highest BCUT2D eigenvalue weighted by Gasteiger charge is 2.37. The maximum Gasteiger partial charge on any atom is 0.0797 e.